The summed E-state index contributed by atoms with van der Waals surface area (Å²) >= 11 is 3.26. The van der Waals surface area contributed by atoms with Crippen molar-refractivity contribution < 1.29 is 13.2 Å². The summed E-state index contributed by atoms with van der Waals surface area (Å²) in [5.74, 6) is 0. The summed E-state index contributed by atoms with van der Waals surface area (Å²) in [4.78, 5) is 0.203. The highest BCUT2D eigenvalue weighted by molar-refractivity contribution is 9.10. The standard InChI is InChI=1S/C13H21BrN2O3S/c1-4-10(2)16(7-8-19-3)20(17,18)11-5-6-12(14)13(15)9-11/h5-6,9-10H,4,7-8,15H2,1-3H3. The zero-order valence-electron chi connectivity index (χ0n) is 12.0. The SMILES string of the molecule is CCC(C)N(CCOC)S(=O)(=O)c1ccc(Br)c(N)c1. The third kappa shape index (κ3) is 3.94. The van der Waals surface area contributed by atoms with Gasteiger partial charge in [-0.15, -0.1) is 0 Å². The monoisotopic (exact) mass is 364 g/mol. The summed E-state index contributed by atoms with van der Waals surface area (Å²) in [5.41, 5.74) is 6.18. The summed E-state index contributed by atoms with van der Waals surface area (Å²) < 4.78 is 32.5. The zero-order valence-corrected chi connectivity index (χ0v) is 14.4. The molecule has 5 nitrogen and oxygen atoms in total. The molecule has 1 rings (SSSR count). The van der Waals surface area contributed by atoms with E-state index in [2.05, 4.69) is 15.9 Å². The number of nitrogen functional groups attached to an aromatic ring is 1. The number of nitrogens with two attached hydrogens (primary N) is 1. The Morgan fingerprint density at radius 1 is 1.45 bits per heavy atom. The van der Waals surface area contributed by atoms with Crippen LogP contribution in [0.4, 0.5) is 5.69 Å². The van der Waals surface area contributed by atoms with E-state index in [1.165, 1.54) is 10.4 Å². The molecular formula is C13H21BrN2O3S. The summed E-state index contributed by atoms with van der Waals surface area (Å²) in [7, 11) is -2.02. The van der Waals surface area contributed by atoms with Crippen molar-refractivity contribution >= 4 is 31.6 Å². The molecule has 7 heteroatoms. The van der Waals surface area contributed by atoms with E-state index < -0.39 is 10.0 Å². The Morgan fingerprint density at radius 3 is 2.60 bits per heavy atom. The lowest BCUT2D eigenvalue weighted by Gasteiger charge is -2.27. The second-order valence-corrected chi connectivity index (χ2v) is 7.29. The van der Waals surface area contributed by atoms with Gasteiger partial charge in [0, 0.05) is 29.9 Å². The van der Waals surface area contributed by atoms with E-state index in [0.717, 1.165) is 6.42 Å². The number of hydrogen-bond acceptors (Lipinski definition) is 4. The smallest absolute Gasteiger partial charge is 0.243 e. The van der Waals surface area contributed by atoms with Crippen molar-refractivity contribution in [1.29, 1.82) is 0 Å². The van der Waals surface area contributed by atoms with Crippen LogP contribution in [0.1, 0.15) is 20.3 Å². The van der Waals surface area contributed by atoms with E-state index in [1.54, 1.807) is 19.2 Å². The maximum atomic E-state index is 12.7. The Hall–Kier alpha value is -0.630. The Labute approximate surface area is 129 Å². The van der Waals surface area contributed by atoms with Crippen molar-refractivity contribution in [2.24, 2.45) is 0 Å². The van der Waals surface area contributed by atoms with Crippen LogP contribution >= 0.6 is 15.9 Å². The summed E-state index contributed by atoms with van der Waals surface area (Å²) in [6.45, 7) is 4.52. The van der Waals surface area contributed by atoms with E-state index >= 15 is 0 Å². The summed E-state index contributed by atoms with van der Waals surface area (Å²) in [6.07, 6.45) is 0.731. The molecule has 0 amide bonds. The molecule has 2 N–H and O–H groups in total. The highest BCUT2D eigenvalue weighted by Crippen LogP contribution is 2.26. The maximum absolute atomic E-state index is 12.7. The van der Waals surface area contributed by atoms with Crippen LogP contribution in [0.3, 0.4) is 0 Å². The first-order valence-electron chi connectivity index (χ1n) is 6.40. The molecule has 1 aromatic carbocycles. The van der Waals surface area contributed by atoms with Crippen molar-refractivity contribution in [1.82, 2.24) is 4.31 Å². The quantitative estimate of drug-likeness (QED) is 0.754. The molecule has 20 heavy (non-hydrogen) atoms. The fraction of sp³-hybridized carbons (Fsp3) is 0.538. The number of halogens is 1. The van der Waals surface area contributed by atoms with E-state index in [-0.39, 0.29) is 10.9 Å². The minimum atomic E-state index is -3.57. The third-order valence-corrected chi connectivity index (χ3v) is 5.90. The largest absolute Gasteiger partial charge is 0.398 e. The van der Waals surface area contributed by atoms with Crippen molar-refractivity contribution in [2.45, 2.75) is 31.2 Å². The van der Waals surface area contributed by atoms with Gasteiger partial charge in [-0.1, -0.05) is 6.92 Å². The number of rotatable bonds is 7. The second kappa shape index (κ2) is 7.40. The van der Waals surface area contributed by atoms with Gasteiger partial charge in [0.25, 0.3) is 0 Å². The average Bonchev–Trinajstić information content (AvgIpc) is 2.41. The summed E-state index contributed by atoms with van der Waals surface area (Å²) in [6, 6.07) is 4.58. The maximum Gasteiger partial charge on any atom is 0.243 e. The number of anilines is 1. The minimum Gasteiger partial charge on any atom is -0.398 e. The minimum absolute atomic E-state index is 0.0972. The topological polar surface area (TPSA) is 72.6 Å². The van der Waals surface area contributed by atoms with E-state index in [4.69, 9.17) is 10.5 Å². The molecule has 0 aromatic heterocycles. The first-order valence-corrected chi connectivity index (χ1v) is 8.63. The molecule has 1 unspecified atom stereocenters. The number of hydrogen-bond donors (Lipinski definition) is 1. The molecular weight excluding hydrogens is 344 g/mol. The Kier molecular flexibility index (Phi) is 6.44. The Morgan fingerprint density at radius 2 is 2.10 bits per heavy atom. The van der Waals surface area contributed by atoms with Crippen LogP contribution in [0.2, 0.25) is 0 Å². The fourth-order valence-electron chi connectivity index (χ4n) is 1.78. The van der Waals surface area contributed by atoms with Crippen LogP contribution in [0, 0.1) is 0 Å². The van der Waals surface area contributed by atoms with E-state index in [1.807, 2.05) is 13.8 Å². The summed E-state index contributed by atoms with van der Waals surface area (Å²) in [5, 5.41) is 0. The van der Waals surface area contributed by atoms with Crippen molar-refractivity contribution in [3.05, 3.63) is 22.7 Å². The first-order chi connectivity index (χ1) is 9.34. The van der Waals surface area contributed by atoms with Crippen molar-refractivity contribution in [3.63, 3.8) is 0 Å². The molecule has 0 spiro atoms. The van der Waals surface area contributed by atoms with Gasteiger partial charge in [-0.05, 0) is 47.5 Å². The highest BCUT2D eigenvalue weighted by atomic mass is 79.9. The van der Waals surface area contributed by atoms with Gasteiger partial charge in [0.15, 0.2) is 0 Å². The lowest BCUT2D eigenvalue weighted by atomic mass is 10.3. The molecule has 0 bridgehead atoms. The molecule has 1 atom stereocenters. The van der Waals surface area contributed by atoms with Crippen LogP contribution < -0.4 is 5.73 Å². The van der Waals surface area contributed by atoms with Gasteiger partial charge < -0.3 is 10.5 Å². The van der Waals surface area contributed by atoms with Crippen LogP contribution in [0.15, 0.2) is 27.6 Å². The number of sulfonamides is 1. The van der Waals surface area contributed by atoms with Gasteiger partial charge in [-0.25, -0.2) is 8.42 Å². The van der Waals surface area contributed by atoms with Crippen molar-refractivity contribution in [2.75, 3.05) is 26.0 Å². The molecule has 114 valence electrons. The van der Waals surface area contributed by atoms with Gasteiger partial charge in [-0.2, -0.15) is 4.31 Å². The van der Waals surface area contributed by atoms with Crippen LogP contribution in [-0.2, 0) is 14.8 Å². The number of nitrogens with zero attached hydrogens (tertiary/aromatic N) is 1. The highest BCUT2D eigenvalue weighted by Gasteiger charge is 2.28. The molecule has 0 heterocycles. The number of benzene rings is 1. The second-order valence-electron chi connectivity index (χ2n) is 4.55. The third-order valence-electron chi connectivity index (χ3n) is 3.17. The van der Waals surface area contributed by atoms with Gasteiger partial charge >= 0.3 is 0 Å². The van der Waals surface area contributed by atoms with E-state index in [0.29, 0.717) is 23.3 Å². The average molecular weight is 365 g/mol. The molecule has 0 saturated heterocycles. The van der Waals surface area contributed by atoms with Gasteiger partial charge in [0.1, 0.15) is 0 Å². The molecule has 0 aliphatic rings. The van der Waals surface area contributed by atoms with Gasteiger partial charge in [-0.3, -0.25) is 0 Å². The van der Waals surface area contributed by atoms with Crippen molar-refractivity contribution in [3.8, 4) is 0 Å². The molecule has 1 aromatic rings. The predicted octanol–water partition coefficient (Wildman–Crippen LogP) is 2.47. The Balaban J connectivity index is 3.17. The number of methoxy groups -OCH3 is 1. The van der Waals surface area contributed by atoms with E-state index in [9.17, 15) is 8.42 Å². The first kappa shape index (κ1) is 17.4. The predicted molar refractivity (Wildman–Crippen MR) is 84.1 cm³/mol. The van der Waals surface area contributed by atoms with Gasteiger partial charge in [0.05, 0.1) is 11.5 Å². The van der Waals surface area contributed by atoms with Crippen LogP contribution in [0.5, 0.6) is 0 Å². The lowest BCUT2D eigenvalue weighted by Crippen LogP contribution is -2.40. The lowest BCUT2D eigenvalue weighted by molar-refractivity contribution is 0.167. The molecule has 0 fully saturated rings. The normalized spacial score (nSPS) is 13.7. The molecule has 0 aliphatic carbocycles. The number of ether oxygens (including phenoxy) is 1. The molecule has 0 radical (unpaired) electrons. The zero-order chi connectivity index (χ0) is 15.3. The fourth-order valence-corrected chi connectivity index (χ4v) is 3.75. The van der Waals surface area contributed by atoms with Crippen LogP contribution in [0.25, 0.3) is 0 Å². The Bertz CT molecular complexity index is 549. The van der Waals surface area contributed by atoms with Gasteiger partial charge in [0.2, 0.25) is 10.0 Å². The molecule has 0 saturated carbocycles. The molecule has 0 aliphatic heterocycles. The van der Waals surface area contributed by atoms with Crippen LogP contribution in [-0.4, -0.2) is 39.0 Å².